The van der Waals surface area contributed by atoms with E-state index >= 15 is 0 Å². The molecule has 1 aliphatic carbocycles. The van der Waals surface area contributed by atoms with Gasteiger partial charge in [-0.1, -0.05) is 18.2 Å². The van der Waals surface area contributed by atoms with Crippen LogP contribution in [0.1, 0.15) is 42.2 Å². The van der Waals surface area contributed by atoms with Crippen LogP contribution < -0.4 is 10.1 Å². The fourth-order valence-electron chi connectivity index (χ4n) is 4.13. The van der Waals surface area contributed by atoms with E-state index in [1.165, 1.54) is 25.3 Å². The van der Waals surface area contributed by atoms with Crippen LogP contribution in [-0.2, 0) is 9.59 Å². The molecule has 0 saturated heterocycles. The zero-order chi connectivity index (χ0) is 19.8. The van der Waals surface area contributed by atoms with E-state index in [-0.39, 0.29) is 41.5 Å². The Balaban J connectivity index is 1.71. The van der Waals surface area contributed by atoms with Crippen molar-refractivity contribution in [3.05, 3.63) is 70.7 Å². The average molecular weight is 381 g/mol. The van der Waals surface area contributed by atoms with Crippen molar-refractivity contribution < 1.29 is 23.8 Å². The molecule has 0 saturated carbocycles. The summed E-state index contributed by atoms with van der Waals surface area (Å²) >= 11 is 0. The Morgan fingerprint density at radius 1 is 1.04 bits per heavy atom. The van der Waals surface area contributed by atoms with Gasteiger partial charge in [0.2, 0.25) is 5.91 Å². The zero-order valence-electron chi connectivity index (χ0n) is 15.4. The molecular weight excluding hydrogens is 361 g/mol. The van der Waals surface area contributed by atoms with Gasteiger partial charge in [0.25, 0.3) is 0 Å². The molecule has 2 aliphatic rings. The third-order valence-electron chi connectivity index (χ3n) is 5.48. The highest BCUT2D eigenvalue weighted by molar-refractivity contribution is 6.02. The maximum absolute atomic E-state index is 13.2. The largest absolute Gasteiger partial charge is 0.504 e. The summed E-state index contributed by atoms with van der Waals surface area (Å²) in [7, 11) is 1.45. The number of aromatic hydroxyl groups is 1. The molecular formula is C22H20FNO4. The minimum absolute atomic E-state index is 0.00654. The highest BCUT2D eigenvalue weighted by Gasteiger charge is 2.38. The second-order valence-corrected chi connectivity index (χ2v) is 7.21. The lowest BCUT2D eigenvalue weighted by atomic mass is 9.73. The number of phenolic OH excluding ortho intramolecular Hbond substituents is 1. The van der Waals surface area contributed by atoms with Crippen molar-refractivity contribution in [3.63, 3.8) is 0 Å². The van der Waals surface area contributed by atoms with Crippen LogP contribution in [-0.4, -0.2) is 23.9 Å². The minimum atomic E-state index is -0.375. The van der Waals surface area contributed by atoms with Crippen LogP contribution in [0, 0.1) is 5.82 Å². The summed E-state index contributed by atoms with van der Waals surface area (Å²) < 4.78 is 18.4. The number of benzene rings is 2. The van der Waals surface area contributed by atoms with Crippen LogP contribution in [0.25, 0.3) is 0 Å². The number of halogens is 1. The molecule has 2 N–H and O–H groups in total. The van der Waals surface area contributed by atoms with E-state index < -0.39 is 0 Å². The monoisotopic (exact) mass is 381 g/mol. The van der Waals surface area contributed by atoms with Gasteiger partial charge in [-0.05, 0) is 47.7 Å². The highest BCUT2D eigenvalue weighted by atomic mass is 19.1. The van der Waals surface area contributed by atoms with Gasteiger partial charge < -0.3 is 15.2 Å². The summed E-state index contributed by atoms with van der Waals surface area (Å²) in [6.45, 7) is 0. The Kier molecular flexibility index (Phi) is 4.63. The van der Waals surface area contributed by atoms with Crippen molar-refractivity contribution in [1.82, 2.24) is 5.32 Å². The molecule has 6 heteroatoms. The first-order chi connectivity index (χ1) is 13.5. The summed E-state index contributed by atoms with van der Waals surface area (Å²) in [5.74, 6) is -0.653. The first-order valence-electron chi connectivity index (χ1n) is 9.14. The van der Waals surface area contributed by atoms with Gasteiger partial charge in [0.1, 0.15) is 5.82 Å². The van der Waals surface area contributed by atoms with Crippen LogP contribution in [0.5, 0.6) is 11.5 Å². The standard InChI is InChI=1S/C22H20FNO4/c1-28-20-10-13(4-7-18(20)25)16-11-21(27)24-17-8-14(9-19(26)22(16)17)12-2-5-15(23)6-3-12/h2-7,10,14,16,25H,8-9,11H2,1H3,(H,24,27)/t14-,16-/m0/s1. The number of ether oxygens (including phenoxy) is 1. The Labute approximate surface area is 161 Å². The number of amides is 1. The molecule has 1 amide bonds. The zero-order valence-corrected chi connectivity index (χ0v) is 15.4. The Morgan fingerprint density at radius 3 is 2.46 bits per heavy atom. The van der Waals surface area contributed by atoms with Gasteiger partial charge in [-0.2, -0.15) is 0 Å². The summed E-state index contributed by atoms with van der Waals surface area (Å²) in [5, 5.41) is 12.7. The lowest BCUT2D eigenvalue weighted by molar-refractivity contribution is -0.122. The molecule has 1 aliphatic heterocycles. The molecule has 144 valence electrons. The maximum atomic E-state index is 13.2. The highest BCUT2D eigenvalue weighted by Crippen LogP contribution is 2.43. The number of nitrogens with one attached hydrogen (secondary N) is 1. The quantitative estimate of drug-likeness (QED) is 0.853. The topological polar surface area (TPSA) is 75.6 Å². The van der Waals surface area contributed by atoms with E-state index in [9.17, 15) is 19.1 Å². The number of Topliss-reactive ketones (excluding diaryl/α,β-unsaturated/α-hetero) is 1. The fourth-order valence-corrected chi connectivity index (χ4v) is 4.13. The van der Waals surface area contributed by atoms with Gasteiger partial charge in [0, 0.05) is 30.0 Å². The molecule has 2 aromatic carbocycles. The van der Waals surface area contributed by atoms with Gasteiger partial charge in [-0.15, -0.1) is 0 Å². The summed E-state index contributed by atoms with van der Waals surface area (Å²) in [6, 6.07) is 11.0. The number of carbonyl (C=O) groups excluding carboxylic acids is 2. The molecule has 1 heterocycles. The predicted molar refractivity (Wildman–Crippen MR) is 101 cm³/mol. The lowest BCUT2D eigenvalue weighted by Crippen LogP contribution is -2.38. The number of hydrogen-bond donors (Lipinski definition) is 2. The Morgan fingerprint density at radius 2 is 1.75 bits per heavy atom. The molecule has 28 heavy (non-hydrogen) atoms. The van der Waals surface area contributed by atoms with Crippen molar-refractivity contribution in [2.75, 3.05) is 7.11 Å². The van der Waals surface area contributed by atoms with Crippen LogP contribution in [0.2, 0.25) is 0 Å². The molecule has 0 spiro atoms. The van der Waals surface area contributed by atoms with E-state index in [0.717, 1.165) is 11.1 Å². The first-order valence-corrected chi connectivity index (χ1v) is 9.14. The molecule has 0 aromatic heterocycles. The molecule has 0 radical (unpaired) electrons. The van der Waals surface area contributed by atoms with Crippen molar-refractivity contribution in [3.8, 4) is 11.5 Å². The van der Waals surface area contributed by atoms with Gasteiger partial charge in [-0.3, -0.25) is 9.59 Å². The summed E-state index contributed by atoms with van der Waals surface area (Å²) in [6.07, 6.45) is 0.996. The molecule has 4 rings (SSSR count). The maximum Gasteiger partial charge on any atom is 0.225 e. The number of carbonyl (C=O) groups is 2. The fraction of sp³-hybridized carbons (Fsp3) is 0.273. The van der Waals surface area contributed by atoms with Crippen LogP contribution >= 0.6 is 0 Å². The van der Waals surface area contributed by atoms with Gasteiger partial charge in [-0.25, -0.2) is 4.39 Å². The molecule has 5 nitrogen and oxygen atoms in total. The molecule has 0 unspecified atom stereocenters. The van der Waals surface area contributed by atoms with E-state index in [1.807, 2.05) is 0 Å². The van der Waals surface area contributed by atoms with E-state index in [1.54, 1.807) is 24.3 Å². The molecule has 2 aromatic rings. The number of allylic oxidation sites excluding steroid dienone is 2. The predicted octanol–water partition coefficient (Wildman–Crippen LogP) is 3.54. The summed E-state index contributed by atoms with van der Waals surface area (Å²) in [5.41, 5.74) is 2.89. The third-order valence-corrected chi connectivity index (χ3v) is 5.48. The van der Waals surface area contributed by atoms with E-state index in [0.29, 0.717) is 29.9 Å². The minimum Gasteiger partial charge on any atom is -0.504 e. The Bertz CT molecular complexity index is 981. The molecule has 0 bridgehead atoms. The van der Waals surface area contributed by atoms with Crippen LogP contribution in [0.15, 0.2) is 53.7 Å². The molecule has 2 atom stereocenters. The van der Waals surface area contributed by atoms with Crippen molar-refractivity contribution in [1.29, 1.82) is 0 Å². The Hall–Kier alpha value is -3.15. The first kappa shape index (κ1) is 18.2. The number of ketones is 1. The second kappa shape index (κ2) is 7.11. The van der Waals surface area contributed by atoms with Gasteiger partial charge >= 0.3 is 0 Å². The van der Waals surface area contributed by atoms with Crippen molar-refractivity contribution in [2.45, 2.75) is 31.1 Å². The molecule has 0 fully saturated rings. The van der Waals surface area contributed by atoms with Crippen molar-refractivity contribution >= 4 is 11.7 Å². The number of hydrogen-bond acceptors (Lipinski definition) is 4. The SMILES string of the molecule is COc1cc([C@@H]2CC(=O)NC3=C2C(=O)C[C@@H](c2ccc(F)cc2)C3)ccc1O. The van der Waals surface area contributed by atoms with Gasteiger partial charge in [0.05, 0.1) is 7.11 Å². The second-order valence-electron chi connectivity index (χ2n) is 7.21. The average Bonchev–Trinajstić information content (AvgIpc) is 2.68. The van der Waals surface area contributed by atoms with Gasteiger partial charge in [0.15, 0.2) is 17.3 Å². The van der Waals surface area contributed by atoms with E-state index in [2.05, 4.69) is 5.32 Å². The van der Waals surface area contributed by atoms with Crippen molar-refractivity contribution in [2.24, 2.45) is 0 Å². The van der Waals surface area contributed by atoms with E-state index in [4.69, 9.17) is 4.74 Å². The smallest absolute Gasteiger partial charge is 0.225 e. The van der Waals surface area contributed by atoms with Crippen LogP contribution in [0.4, 0.5) is 4.39 Å². The number of phenols is 1. The number of rotatable bonds is 3. The number of methoxy groups -OCH3 is 1. The normalized spacial score (nSPS) is 21.9. The lowest BCUT2D eigenvalue weighted by Gasteiger charge is -2.34. The van der Waals surface area contributed by atoms with Crippen LogP contribution in [0.3, 0.4) is 0 Å². The third kappa shape index (κ3) is 3.26. The summed E-state index contributed by atoms with van der Waals surface area (Å²) in [4.78, 5) is 25.4.